The van der Waals surface area contributed by atoms with Crippen molar-refractivity contribution in [1.82, 2.24) is 15.5 Å². The molecule has 2 amide bonds. The number of carbonyl (C=O) groups is 1. The number of para-hydroxylation sites is 1. The normalized spacial score (nSPS) is 16.5. The summed E-state index contributed by atoms with van der Waals surface area (Å²) in [6.07, 6.45) is 0.799. The van der Waals surface area contributed by atoms with E-state index in [9.17, 15) is 4.79 Å². The number of aromatic nitrogens is 2. The minimum absolute atomic E-state index is 0.0161. The molecule has 6 nitrogen and oxygen atoms in total. The number of carbonyl (C=O) groups excluding carboxylic acids is 1. The molecular formula is C12H12N4O2S. The topological polar surface area (TPSA) is 76.1 Å². The van der Waals surface area contributed by atoms with E-state index >= 15 is 0 Å². The first-order valence-electron chi connectivity index (χ1n) is 5.87. The summed E-state index contributed by atoms with van der Waals surface area (Å²) in [5.41, 5.74) is 2.74. The van der Waals surface area contributed by atoms with Crippen LogP contribution in [-0.2, 0) is 6.42 Å². The highest BCUT2D eigenvalue weighted by atomic mass is 32.1. The minimum atomic E-state index is -0.295. The Balaban J connectivity index is 1.48. The molecule has 1 aromatic carbocycles. The van der Waals surface area contributed by atoms with Gasteiger partial charge in [-0.3, -0.25) is 5.32 Å². The van der Waals surface area contributed by atoms with E-state index in [0.29, 0.717) is 11.7 Å². The predicted octanol–water partition coefficient (Wildman–Crippen LogP) is 1.66. The predicted molar refractivity (Wildman–Crippen MR) is 71.5 cm³/mol. The molecule has 2 heterocycles. The maximum atomic E-state index is 11.6. The number of hydrogen-bond donors (Lipinski definition) is 2. The van der Waals surface area contributed by atoms with Gasteiger partial charge in [0.05, 0.1) is 6.54 Å². The number of rotatable bonds is 3. The SMILES string of the molecule is O=C(NCC1Cc2ccccc2O1)Nc1nncs1. The number of benzene rings is 1. The van der Waals surface area contributed by atoms with Crippen molar-refractivity contribution in [2.75, 3.05) is 11.9 Å². The van der Waals surface area contributed by atoms with E-state index in [1.165, 1.54) is 16.9 Å². The van der Waals surface area contributed by atoms with Crippen LogP contribution in [0.3, 0.4) is 0 Å². The second kappa shape index (κ2) is 5.23. The molecule has 0 saturated heterocycles. The second-order valence-electron chi connectivity index (χ2n) is 4.13. The smallest absolute Gasteiger partial charge is 0.321 e. The largest absolute Gasteiger partial charge is 0.488 e. The lowest BCUT2D eigenvalue weighted by atomic mass is 10.1. The number of amides is 2. The van der Waals surface area contributed by atoms with E-state index in [2.05, 4.69) is 20.8 Å². The van der Waals surface area contributed by atoms with E-state index in [-0.39, 0.29) is 12.1 Å². The number of fused-ring (bicyclic) bond motifs is 1. The fraction of sp³-hybridized carbons (Fsp3) is 0.250. The van der Waals surface area contributed by atoms with Crippen molar-refractivity contribution in [2.24, 2.45) is 0 Å². The first-order valence-corrected chi connectivity index (χ1v) is 6.75. The van der Waals surface area contributed by atoms with Crippen LogP contribution in [-0.4, -0.2) is 28.9 Å². The molecule has 0 saturated carbocycles. The third kappa shape index (κ3) is 2.82. The number of urea groups is 1. The Morgan fingerprint density at radius 1 is 1.47 bits per heavy atom. The van der Waals surface area contributed by atoms with Gasteiger partial charge in [0.15, 0.2) is 0 Å². The third-order valence-electron chi connectivity index (χ3n) is 2.78. The Labute approximate surface area is 113 Å². The molecule has 1 aliphatic heterocycles. The lowest BCUT2D eigenvalue weighted by Crippen LogP contribution is -2.37. The summed E-state index contributed by atoms with van der Waals surface area (Å²) in [6.45, 7) is 0.458. The molecule has 2 aromatic rings. The molecule has 19 heavy (non-hydrogen) atoms. The summed E-state index contributed by atoms with van der Waals surface area (Å²) < 4.78 is 5.72. The minimum Gasteiger partial charge on any atom is -0.488 e. The lowest BCUT2D eigenvalue weighted by Gasteiger charge is -2.11. The van der Waals surface area contributed by atoms with E-state index in [1.807, 2.05) is 24.3 Å². The van der Waals surface area contributed by atoms with Crippen LogP contribution in [0.4, 0.5) is 9.93 Å². The van der Waals surface area contributed by atoms with Crippen molar-refractivity contribution in [3.05, 3.63) is 35.3 Å². The molecule has 2 N–H and O–H groups in total. The van der Waals surface area contributed by atoms with Crippen molar-refractivity contribution < 1.29 is 9.53 Å². The van der Waals surface area contributed by atoms with Gasteiger partial charge in [0.1, 0.15) is 17.4 Å². The molecule has 0 bridgehead atoms. The average molecular weight is 276 g/mol. The van der Waals surface area contributed by atoms with Crippen molar-refractivity contribution >= 4 is 22.5 Å². The number of anilines is 1. The quantitative estimate of drug-likeness (QED) is 0.894. The van der Waals surface area contributed by atoms with Gasteiger partial charge < -0.3 is 10.1 Å². The number of hydrogen-bond acceptors (Lipinski definition) is 5. The maximum Gasteiger partial charge on any atom is 0.321 e. The summed E-state index contributed by atoms with van der Waals surface area (Å²) >= 11 is 1.27. The van der Waals surface area contributed by atoms with Crippen molar-refractivity contribution in [3.63, 3.8) is 0 Å². The van der Waals surface area contributed by atoms with Gasteiger partial charge in [-0.25, -0.2) is 4.79 Å². The Bertz CT molecular complexity index is 548. The van der Waals surface area contributed by atoms with Crippen LogP contribution in [0.5, 0.6) is 5.75 Å². The molecule has 0 aliphatic carbocycles. The summed E-state index contributed by atoms with van der Waals surface area (Å²) in [4.78, 5) is 11.6. The highest BCUT2D eigenvalue weighted by Crippen LogP contribution is 2.27. The Kier molecular flexibility index (Phi) is 3.28. The highest BCUT2D eigenvalue weighted by molar-refractivity contribution is 7.13. The van der Waals surface area contributed by atoms with Crippen LogP contribution in [0, 0.1) is 0 Å². The average Bonchev–Trinajstić information content (AvgIpc) is 3.04. The van der Waals surface area contributed by atoms with Crippen LogP contribution in [0.1, 0.15) is 5.56 Å². The third-order valence-corrected chi connectivity index (χ3v) is 3.39. The molecule has 7 heteroatoms. The van der Waals surface area contributed by atoms with Gasteiger partial charge >= 0.3 is 6.03 Å². The van der Waals surface area contributed by atoms with Crippen molar-refractivity contribution in [2.45, 2.75) is 12.5 Å². The zero-order valence-electron chi connectivity index (χ0n) is 10.00. The van der Waals surface area contributed by atoms with Crippen molar-refractivity contribution in [3.8, 4) is 5.75 Å². The highest BCUT2D eigenvalue weighted by Gasteiger charge is 2.22. The standard InChI is InChI=1S/C12H12N4O2S/c17-11(15-12-16-14-7-19-12)13-6-9-5-8-3-1-2-4-10(8)18-9/h1-4,7,9H,5-6H2,(H2,13,15,16,17). The van der Waals surface area contributed by atoms with Crippen LogP contribution in [0.15, 0.2) is 29.8 Å². The molecule has 0 radical (unpaired) electrons. The maximum absolute atomic E-state index is 11.6. The Morgan fingerprint density at radius 3 is 3.16 bits per heavy atom. The van der Waals surface area contributed by atoms with Crippen LogP contribution >= 0.6 is 11.3 Å². The molecule has 3 rings (SSSR count). The van der Waals surface area contributed by atoms with E-state index in [4.69, 9.17) is 4.74 Å². The molecule has 1 atom stereocenters. The summed E-state index contributed by atoms with van der Waals surface area (Å²) in [7, 11) is 0. The van der Waals surface area contributed by atoms with E-state index in [1.54, 1.807) is 5.51 Å². The molecule has 98 valence electrons. The molecular weight excluding hydrogens is 264 g/mol. The zero-order chi connectivity index (χ0) is 13.1. The summed E-state index contributed by atoms with van der Waals surface area (Å²) in [5, 5.41) is 13.2. The number of nitrogens with zero attached hydrogens (tertiary/aromatic N) is 2. The van der Waals surface area contributed by atoms with E-state index < -0.39 is 0 Å². The van der Waals surface area contributed by atoms with Gasteiger partial charge in [-0.05, 0) is 11.6 Å². The fourth-order valence-electron chi connectivity index (χ4n) is 1.94. The van der Waals surface area contributed by atoms with Gasteiger partial charge in [0.2, 0.25) is 5.13 Å². The van der Waals surface area contributed by atoms with Crippen LogP contribution in [0.2, 0.25) is 0 Å². The summed E-state index contributed by atoms with van der Waals surface area (Å²) in [6, 6.07) is 7.61. The monoisotopic (exact) mass is 276 g/mol. The lowest BCUT2D eigenvalue weighted by molar-refractivity contribution is 0.219. The van der Waals surface area contributed by atoms with Gasteiger partial charge in [-0.15, -0.1) is 10.2 Å². The number of nitrogens with one attached hydrogen (secondary N) is 2. The van der Waals surface area contributed by atoms with Crippen molar-refractivity contribution in [1.29, 1.82) is 0 Å². The van der Waals surface area contributed by atoms with Crippen LogP contribution in [0.25, 0.3) is 0 Å². The number of ether oxygens (including phenoxy) is 1. The summed E-state index contributed by atoms with van der Waals surface area (Å²) in [5.74, 6) is 0.902. The molecule has 0 spiro atoms. The second-order valence-corrected chi connectivity index (χ2v) is 4.96. The van der Waals surface area contributed by atoms with E-state index in [0.717, 1.165) is 12.2 Å². The first kappa shape index (κ1) is 11.9. The molecule has 0 fully saturated rings. The van der Waals surface area contributed by atoms with Gasteiger partial charge in [-0.1, -0.05) is 29.5 Å². The molecule has 1 aliphatic rings. The van der Waals surface area contributed by atoms with Crippen LogP contribution < -0.4 is 15.4 Å². The Hall–Kier alpha value is -2.15. The first-order chi connectivity index (χ1) is 9.31. The molecule has 1 aromatic heterocycles. The molecule has 1 unspecified atom stereocenters. The van der Waals surface area contributed by atoms with Gasteiger partial charge in [-0.2, -0.15) is 0 Å². The fourth-order valence-corrected chi connectivity index (χ4v) is 2.38. The Morgan fingerprint density at radius 2 is 2.37 bits per heavy atom. The zero-order valence-corrected chi connectivity index (χ0v) is 10.8. The van der Waals surface area contributed by atoms with Gasteiger partial charge in [0.25, 0.3) is 0 Å². The van der Waals surface area contributed by atoms with Gasteiger partial charge in [0, 0.05) is 6.42 Å².